The summed E-state index contributed by atoms with van der Waals surface area (Å²) in [5.74, 6) is -1.03. The molecule has 0 bridgehead atoms. The number of nitrogens with zero attached hydrogens (tertiary/aromatic N) is 1. The van der Waals surface area contributed by atoms with Gasteiger partial charge in [-0.3, -0.25) is 10.3 Å². The summed E-state index contributed by atoms with van der Waals surface area (Å²) in [6.45, 7) is 1.76. The minimum absolute atomic E-state index is 0.566. The predicted molar refractivity (Wildman–Crippen MR) is 59.6 cm³/mol. The molecule has 0 unspecified atom stereocenters. The minimum Gasteiger partial charge on any atom is -0.478 e. The lowest BCUT2D eigenvalue weighted by molar-refractivity contribution is -0.131. The van der Waals surface area contributed by atoms with Gasteiger partial charge >= 0.3 is 5.97 Å². The predicted octanol–water partition coefficient (Wildman–Crippen LogP) is 0.523. The van der Waals surface area contributed by atoms with Gasteiger partial charge in [-0.05, 0) is 19.0 Å². The van der Waals surface area contributed by atoms with E-state index in [1.54, 1.807) is 0 Å². The number of carbonyl (C=O) groups is 1. The van der Waals surface area contributed by atoms with Gasteiger partial charge in [0.05, 0.1) is 13.2 Å². The van der Waals surface area contributed by atoms with Crippen LogP contribution in [0.25, 0.3) is 0 Å². The van der Waals surface area contributed by atoms with Crippen molar-refractivity contribution in [3.63, 3.8) is 0 Å². The smallest absolute Gasteiger partial charge is 0.336 e. The average molecular weight is 224 g/mol. The van der Waals surface area contributed by atoms with Crippen molar-refractivity contribution in [2.24, 2.45) is 0 Å². The number of hydrogen-bond donors (Lipinski definition) is 2. The molecule has 88 valence electrons. The lowest BCUT2D eigenvalue weighted by atomic mass is 10.1. The molecule has 0 fully saturated rings. The number of rotatable bonds is 4. The third-order valence-corrected chi connectivity index (χ3v) is 2.21. The van der Waals surface area contributed by atoms with Gasteiger partial charge in [0, 0.05) is 13.1 Å². The summed E-state index contributed by atoms with van der Waals surface area (Å²) in [7, 11) is 3.49. The van der Waals surface area contributed by atoms with Crippen molar-refractivity contribution in [1.82, 2.24) is 10.4 Å². The molecule has 2 N–H and O–H groups in total. The number of carboxylic acid groups (broad SMARTS) is 1. The Morgan fingerprint density at radius 2 is 2.50 bits per heavy atom. The fraction of sp³-hybridized carbons (Fsp3) is 0.455. The van der Waals surface area contributed by atoms with Crippen LogP contribution in [-0.2, 0) is 9.63 Å². The van der Waals surface area contributed by atoms with Crippen LogP contribution in [-0.4, -0.2) is 43.2 Å². The van der Waals surface area contributed by atoms with Crippen LogP contribution in [0.4, 0.5) is 0 Å². The van der Waals surface area contributed by atoms with Crippen LogP contribution in [0.1, 0.15) is 6.42 Å². The third kappa shape index (κ3) is 3.90. The topological polar surface area (TPSA) is 61.8 Å². The Morgan fingerprint density at radius 1 is 1.75 bits per heavy atom. The number of aliphatic carboxylic acids is 1. The van der Waals surface area contributed by atoms with Gasteiger partial charge in [-0.25, -0.2) is 4.79 Å². The van der Waals surface area contributed by atoms with Crippen LogP contribution in [0.3, 0.4) is 0 Å². The number of likely N-dealkylation sites (N-methyl/N-ethyl adjacent to an activating group) is 1. The van der Waals surface area contributed by atoms with Gasteiger partial charge in [0.2, 0.25) is 0 Å². The van der Waals surface area contributed by atoms with Crippen molar-refractivity contribution in [3.8, 4) is 0 Å². The summed E-state index contributed by atoms with van der Waals surface area (Å²) < 4.78 is 0. The highest BCUT2D eigenvalue weighted by Gasteiger charge is 2.12. The number of hydroxylamine groups is 1. The van der Waals surface area contributed by atoms with Gasteiger partial charge < -0.3 is 10.0 Å². The fourth-order valence-corrected chi connectivity index (χ4v) is 1.50. The van der Waals surface area contributed by atoms with Crippen LogP contribution >= 0.6 is 0 Å². The molecule has 5 nitrogen and oxygen atoms in total. The monoisotopic (exact) mass is 224 g/mol. The molecule has 0 aliphatic carbocycles. The molecule has 1 heterocycles. The van der Waals surface area contributed by atoms with E-state index >= 15 is 0 Å². The lowest BCUT2D eigenvalue weighted by Gasteiger charge is -2.23. The number of hydrogen-bond acceptors (Lipinski definition) is 4. The van der Waals surface area contributed by atoms with E-state index in [1.807, 2.05) is 7.05 Å². The maximum Gasteiger partial charge on any atom is 0.336 e. The molecule has 0 atom stereocenters. The second-order valence-corrected chi connectivity index (χ2v) is 3.56. The van der Waals surface area contributed by atoms with Crippen LogP contribution in [0, 0.1) is 0 Å². The molecule has 1 rings (SSSR count). The highest BCUT2D eigenvalue weighted by atomic mass is 16.6. The fourth-order valence-electron chi connectivity index (χ4n) is 1.50. The summed E-state index contributed by atoms with van der Waals surface area (Å²) in [5, 5.41) is 8.55. The van der Waals surface area contributed by atoms with Crippen molar-refractivity contribution in [3.05, 3.63) is 29.2 Å². The van der Waals surface area contributed by atoms with E-state index in [0.29, 0.717) is 5.70 Å². The summed E-state index contributed by atoms with van der Waals surface area (Å²) in [6, 6.07) is 0. The van der Waals surface area contributed by atoms with Gasteiger partial charge in [0.1, 0.15) is 5.70 Å². The highest BCUT2D eigenvalue weighted by Crippen LogP contribution is 2.13. The van der Waals surface area contributed by atoms with E-state index in [9.17, 15) is 4.79 Å². The van der Waals surface area contributed by atoms with Crippen molar-refractivity contribution < 1.29 is 14.7 Å². The van der Waals surface area contributed by atoms with E-state index in [-0.39, 0.29) is 0 Å². The Balaban J connectivity index is 2.89. The zero-order valence-electron chi connectivity index (χ0n) is 9.49. The molecule has 0 saturated heterocycles. The van der Waals surface area contributed by atoms with Gasteiger partial charge in [-0.15, -0.1) is 0 Å². The molecule has 0 amide bonds. The van der Waals surface area contributed by atoms with E-state index in [0.717, 1.165) is 31.2 Å². The van der Waals surface area contributed by atoms with Crippen molar-refractivity contribution >= 4 is 5.97 Å². The second kappa shape index (κ2) is 6.12. The molecule has 0 aromatic rings. The Kier molecular flexibility index (Phi) is 4.79. The molecule has 0 radical (unpaired) electrons. The van der Waals surface area contributed by atoms with Crippen molar-refractivity contribution in [1.29, 1.82) is 0 Å². The van der Waals surface area contributed by atoms with Crippen molar-refractivity contribution in [2.75, 3.05) is 27.2 Å². The van der Waals surface area contributed by atoms with Gasteiger partial charge in [0.15, 0.2) is 0 Å². The maximum atomic E-state index is 10.4. The first-order chi connectivity index (χ1) is 7.63. The summed E-state index contributed by atoms with van der Waals surface area (Å²) in [4.78, 5) is 17.4. The van der Waals surface area contributed by atoms with Crippen LogP contribution < -0.4 is 5.48 Å². The largest absolute Gasteiger partial charge is 0.478 e. The molecule has 0 aromatic heterocycles. The van der Waals surface area contributed by atoms with E-state index in [2.05, 4.69) is 22.2 Å². The molecule has 1 aliphatic rings. The van der Waals surface area contributed by atoms with Crippen LogP contribution in [0.5, 0.6) is 0 Å². The quantitative estimate of drug-likeness (QED) is 0.414. The van der Waals surface area contributed by atoms with Gasteiger partial charge in [0.25, 0.3) is 0 Å². The third-order valence-electron chi connectivity index (χ3n) is 2.21. The maximum absolute atomic E-state index is 10.4. The van der Waals surface area contributed by atoms with E-state index in [1.165, 1.54) is 7.11 Å². The van der Waals surface area contributed by atoms with E-state index in [4.69, 9.17) is 9.94 Å². The molecule has 1 aliphatic heterocycles. The molecule has 0 aromatic carbocycles. The van der Waals surface area contributed by atoms with E-state index < -0.39 is 5.97 Å². The standard InChI is InChI=1S/C11H16N2O3/c1-13-7-3-4-9(8-13)10(12-16-2)5-6-11(14)15/h4,6,12H,3,7-8H2,1-2H3,(H,14,15). The number of nitrogens with one attached hydrogen (secondary N) is 1. The first kappa shape index (κ1) is 12.5. The summed E-state index contributed by atoms with van der Waals surface area (Å²) >= 11 is 0. The van der Waals surface area contributed by atoms with Crippen LogP contribution in [0.2, 0.25) is 0 Å². The number of carboxylic acids is 1. The van der Waals surface area contributed by atoms with Gasteiger partial charge in [-0.2, -0.15) is 0 Å². The Labute approximate surface area is 94.6 Å². The molecule has 16 heavy (non-hydrogen) atoms. The molecule has 0 saturated carbocycles. The summed E-state index contributed by atoms with van der Waals surface area (Å²) in [6.07, 6.45) is 3.97. The Hall–Kier alpha value is -1.55. The molecule has 0 spiro atoms. The molecular weight excluding hydrogens is 208 g/mol. The SMILES string of the molecule is CONC(=C=CC(=O)O)C1=CCCN(C)C1. The molecular formula is C11H16N2O3. The summed E-state index contributed by atoms with van der Waals surface area (Å²) in [5.41, 5.74) is 6.88. The first-order valence-electron chi connectivity index (χ1n) is 5.00. The highest BCUT2D eigenvalue weighted by molar-refractivity contribution is 5.79. The van der Waals surface area contributed by atoms with Crippen LogP contribution in [0.15, 0.2) is 29.2 Å². The molecule has 5 heteroatoms. The normalized spacial score (nSPS) is 16.0. The van der Waals surface area contributed by atoms with Crippen molar-refractivity contribution in [2.45, 2.75) is 6.42 Å². The minimum atomic E-state index is -1.03. The second-order valence-electron chi connectivity index (χ2n) is 3.56. The Morgan fingerprint density at radius 3 is 3.06 bits per heavy atom. The zero-order valence-corrected chi connectivity index (χ0v) is 9.49. The Bertz CT molecular complexity index is 354. The lowest BCUT2D eigenvalue weighted by Crippen LogP contribution is -2.28. The zero-order chi connectivity index (χ0) is 12.0. The first-order valence-corrected chi connectivity index (χ1v) is 5.00. The average Bonchev–Trinajstić information content (AvgIpc) is 2.24. The van der Waals surface area contributed by atoms with Gasteiger partial charge in [-0.1, -0.05) is 11.8 Å².